The van der Waals surface area contributed by atoms with E-state index in [1.54, 1.807) is 6.92 Å². The zero-order valence-corrected chi connectivity index (χ0v) is 6.93. The molecule has 13 heavy (non-hydrogen) atoms. The molecule has 0 fully saturated rings. The first-order valence-electron chi connectivity index (χ1n) is 3.70. The molecule has 6 heteroatoms. The maximum Gasteiger partial charge on any atom is 0.192 e. The van der Waals surface area contributed by atoms with Crippen LogP contribution in [0.15, 0.2) is 6.20 Å². The number of nitrogen functional groups attached to an aromatic ring is 1. The van der Waals surface area contributed by atoms with Crippen molar-refractivity contribution in [2.45, 2.75) is 6.92 Å². The van der Waals surface area contributed by atoms with Gasteiger partial charge in [0.2, 0.25) is 0 Å². The van der Waals surface area contributed by atoms with Crippen molar-refractivity contribution in [2.75, 3.05) is 5.73 Å². The quantitative estimate of drug-likeness (QED) is 0.609. The van der Waals surface area contributed by atoms with Gasteiger partial charge in [-0.05, 0) is 6.92 Å². The molecule has 2 aromatic heterocycles. The highest BCUT2D eigenvalue weighted by Crippen LogP contribution is 2.24. The number of aromatic nitrogens is 4. The Hall–Kier alpha value is -1.85. The molecular formula is C7H8FN5. The molecule has 68 valence electrons. The smallest absolute Gasteiger partial charge is 0.192 e. The van der Waals surface area contributed by atoms with Crippen molar-refractivity contribution in [2.24, 2.45) is 0 Å². The predicted octanol–water partition coefficient (Wildman–Crippen LogP) is 0.830. The van der Waals surface area contributed by atoms with Crippen molar-refractivity contribution in [3.8, 4) is 11.3 Å². The Morgan fingerprint density at radius 3 is 2.69 bits per heavy atom. The van der Waals surface area contributed by atoms with Gasteiger partial charge in [0.05, 0.1) is 6.20 Å². The lowest BCUT2D eigenvalue weighted by atomic mass is 10.2. The number of anilines is 1. The molecule has 0 bridgehead atoms. The molecule has 0 aliphatic heterocycles. The molecule has 4 N–H and O–H groups in total. The van der Waals surface area contributed by atoms with Gasteiger partial charge in [0.25, 0.3) is 0 Å². The summed E-state index contributed by atoms with van der Waals surface area (Å²) in [5, 5.41) is 12.5. The second-order valence-electron chi connectivity index (χ2n) is 2.71. The first kappa shape index (κ1) is 7.78. The fourth-order valence-corrected chi connectivity index (χ4v) is 1.12. The van der Waals surface area contributed by atoms with Gasteiger partial charge in [0.1, 0.15) is 5.69 Å². The van der Waals surface area contributed by atoms with Crippen LogP contribution in [0.5, 0.6) is 0 Å². The van der Waals surface area contributed by atoms with Crippen LogP contribution in [0.1, 0.15) is 5.69 Å². The number of halogens is 1. The van der Waals surface area contributed by atoms with E-state index in [0.29, 0.717) is 5.56 Å². The van der Waals surface area contributed by atoms with Gasteiger partial charge >= 0.3 is 0 Å². The number of H-pyrrole nitrogens is 2. The van der Waals surface area contributed by atoms with E-state index in [2.05, 4.69) is 20.4 Å². The lowest BCUT2D eigenvalue weighted by Crippen LogP contribution is -1.87. The molecule has 0 unspecified atom stereocenters. The monoisotopic (exact) mass is 181 g/mol. The van der Waals surface area contributed by atoms with Crippen LogP contribution in [0.2, 0.25) is 0 Å². The van der Waals surface area contributed by atoms with Crippen molar-refractivity contribution in [1.82, 2.24) is 20.4 Å². The van der Waals surface area contributed by atoms with Crippen LogP contribution < -0.4 is 5.73 Å². The first-order chi connectivity index (χ1) is 6.20. The summed E-state index contributed by atoms with van der Waals surface area (Å²) in [6.45, 7) is 1.79. The molecule has 0 amide bonds. The van der Waals surface area contributed by atoms with Crippen LogP contribution in [0, 0.1) is 12.7 Å². The van der Waals surface area contributed by atoms with E-state index in [0.717, 1.165) is 5.69 Å². The molecule has 2 heterocycles. The average Bonchev–Trinajstić information content (AvgIpc) is 2.62. The molecule has 0 radical (unpaired) electrons. The van der Waals surface area contributed by atoms with Gasteiger partial charge in [-0.15, -0.1) is 0 Å². The minimum atomic E-state index is -0.537. The van der Waals surface area contributed by atoms with E-state index in [-0.39, 0.29) is 11.5 Å². The average molecular weight is 181 g/mol. The van der Waals surface area contributed by atoms with Gasteiger partial charge in [0, 0.05) is 11.3 Å². The van der Waals surface area contributed by atoms with E-state index in [4.69, 9.17) is 5.73 Å². The Bertz CT molecular complexity index is 430. The summed E-state index contributed by atoms with van der Waals surface area (Å²) in [7, 11) is 0. The van der Waals surface area contributed by atoms with Gasteiger partial charge in [-0.1, -0.05) is 0 Å². The number of aryl methyl sites for hydroxylation is 1. The molecule has 0 aliphatic carbocycles. The number of nitrogens with zero attached hydrogens (tertiary/aromatic N) is 2. The standard InChI is InChI=1S/C7H8FN5/c1-3-4(2-10-11-3)6-5(8)7(9)13-12-6/h2H,1H3,(H,10,11)(H3,9,12,13). The number of nitrogens with two attached hydrogens (primary N) is 1. The largest absolute Gasteiger partial charge is 0.380 e. The van der Waals surface area contributed by atoms with Crippen LogP contribution >= 0.6 is 0 Å². The van der Waals surface area contributed by atoms with Crippen molar-refractivity contribution >= 4 is 5.82 Å². The van der Waals surface area contributed by atoms with Gasteiger partial charge in [-0.2, -0.15) is 10.2 Å². The molecule has 2 rings (SSSR count). The number of aromatic amines is 2. The molecule has 0 atom stereocenters. The minimum Gasteiger partial charge on any atom is -0.380 e. The first-order valence-corrected chi connectivity index (χ1v) is 3.70. The third-order valence-corrected chi connectivity index (χ3v) is 1.83. The van der Waals surface area contributed by atoms with Crippen molar-refractivity contribution < 1.29 is 4.39 Å². The van der Waals surface area contributed by atoms with Crippen molar-refractivity contribution in [3.05, 3.63) is 17.7 Å². The fraction of sp³-hybridized carbons (Fsp3) is 0.143. The van der Waals surface area contributed by atoms with E-state index >= 15 is 0 Å². The maximum atomic E-state index is 13.2. The normalized spacial score (nSPS) is 10.6. The SMILES string of the molecule is Cc1[nH]ncc1-c1[nH]nc(N)c1F. The number of rotatable bonds is 1. The Balaban J connectivity index is 2.59. The second kappa shape index (κ2) is 2.58. The molecule has 0 spiro atoms. The maximum absolute atomic E-state index is 13.2. The summed E-state index contributed by atoms with van der Waals surface area (Å²) in [6, 6.07) is 0. The summed E-state index contributed by atoms with van der Waals surface area (Å²) >= 11 is 0. The highest BCUT2D eigenvalue weighted by molar-refractivity contribution is 5.64. The predicted molar refractivity (Wildman–Crippen MR) is 45.3 cm³/mol. The van der Waals surface area contributed by atoms with Crippen LogP contribution in [0.3, 0.4) is 0 Å². The van der Waals surface area contributed by atoms with Crippen molar-refractivity contribution in [3.63, 3.8) is 0 Å². The number of hydrogen-bond donors (Lipinski definition) is 3. The molecule has 0 aromatic carbocycles. The zero-order chi connectivity index (χ0) is 9.42. The van der Waals surface area contributed by atoms with Crippen LogP contribution in [-0.4, -0.2) is 20.4 Å². The number of hydrogen-bond acceptors (Lipinski definition) is 3. The Kier molecular flexibility index (Phi) is 1.54. The number of nitrogens with one attached hydrogen (secondary N) is 2. The molecule has 0 aliphatic rings. The Morgan fingerprint density at radius 1 is 1.46 bits per heavy atom. The zero-order valence-electron chi connectivity index (χ0n) is 6.93. The summed E-state index contributed by atoms with van der Waals surface area (Å²) in [4.78, 5) is 0. The summed E-state index contributed by atoms with van der Waals surface area (Å²) in [5.74, 6) is -0.667. The van der Waals surface area contributed by atoms with Gasteiger partial charge < -0.3 is 5.73 Å². The summed E-state index contributed by atoms with van der Waals surface area (Å²) < 4.78 is 13.2. The van der Waals surface area contributed by atoms with E-state index in [9.17, 15) is 4.39 Å². The van der Waals surface area contributed by atoms with Crippen LogP contribution in [0.4, 0.5) is 10.2 Å². The van der Waals surface area contributed by atoms with Gasteiger partial charge in [0.15, 0.2) is 11.6 Å². The molecule has 0 saturated heterocycles. The van der Waals surface area contributed by atoms with Gasteiger partial charge in [-0.3, -0.25) is 10.2 Å². The molecular weight excluding hydrogens is 173 g/mol. The van der Waals surface area contributed by atoms with Crippen molar-refractivity contribution in [1.29, 1.82) is 0 Å². The second-order valence-corrected chi connectivity index (χ2v) is 2.71. The lowest BCUT2D eigenvalue weighted by molar-refractivity contribution is 0.636. The van der Waals surface area contributed by atoms with Crippen LogP contribution in [-0.2, 0) is 0 Å². The molecule has 5 nitrogen and oxygen atoms in total. The third kappa shape index (κ3) is 1.07. The fourth-order valence-electron chi connectivity index (χ4n) is 1.12. The van der Waals surface area contributed by atoms with E-state index in [1.807, 2.05) is 0 Å². The topological polar surface area (TPSA) is 83.4 Å². The highest BCUT2D eigenvalue weighted by atomic mass is 19.1. The lowest BCUT2D eigenvalue weighted by Gasteiger charge is -1.93. The van der Waals surface area contributed by atoms with Gasteiger partial charge in [-0.25, -0.2) is 4.39 Å². The summed E-state index contributed by atoms with van der Waals surface area (Å²) in [5.41, 5.74) is 6.92. The Morgan fingerprint density at radius 2 is 2.23 bits per heavy atom. The molecule has 2 aromatic rings. The molecule has 0 saturated carbocycles. The highest BCUT2D eigenvalue weighted by Gasteiger charge is 2.14. The third-order valence-electron chi connectivity index (χ3n) is 1.83. The van der Waals surface area contributed by atoms with E-state index in [1.165, 1.54) is 6.20 Å². The summed E-state index contributed by atoms with van der Waals surface area (Å²) in [6.07, 6.45) is 1.52. The van der Waals surface area contributed by atoms with Crippen LogP contribution in [0.25, 0.3) is 11.3 Å². The van der Waals surface area contributed by atoms with E-state index < -0.39 is 5.82 Å². The minimum absolute atomic E-state index is 0.129. The Labute approximate surface area is 73.2 Å².